The first-order valence-corrected chi connectivity index (χ1v) is 7.32. The number of hydrogen-bond acceptors (Lipinski definition) is 3. The molecule has 1 aliphatic rings. The fraction of sp³-hybridized carbons (Fsp3) is 0.235. The molecule has 1 aromatic carbocycles. The third-order valence-corrected chi connectivity index (χ3v) is 3.71. The summed E-state index contributed by atoms with van der Waals surface area (Å²) in [4.78, 5) is 27.1. The van der Waals surface area contributed by atoms with Crippen molar-refractivity contribution in [2.45, 2.75) is 19.3 Å². The van der Waals surface area contributed by atoms with Gasteiger partial charge >= 0.3 is 0 Å². The van der Waals surface area contributed by atoms with E-state index in [9.17, 15) is 9.59 Å². The Bertz CT molecular complexity index is 704. The summed E-state index contributed by atoms with van der Waals surface area (Å²) in [5.41, 5.74) is 3.84. The molecule has 0 saturated carbocycles. The van der Waals surface area contributed by atoms with Gasteiger partial charge in [0.15, 0.2) is 0 Å². The first-order chi connectivity index (χ1) is 10.7. The van der Waals surface area contributed by atoms with Crippen LogP contribution in [-0.2, 0) is 17.6 Å². The number of nitrogens with zero attached hydrogens (tertiary/aromatic N) is 1. The van der Waals surface area contributed by atoms with Crippen molar-refractivity contribution in [1.29, 1.82) is 0 Å². The number of aromatic nitrogens is 1. The number of halogens is 1. The molecular weight excluding hydrogens is 314 g/mol. The SMILES string of the molecule is Cl.O=C1CCc2cc(CCNC(=O)c3ccncc3)ccc2N1. The van der Waals surface area contributed by atoms with Gasteiger partial charge in [0.1, 0.15) is 0 Å². The van der Waals surface area contributed by atoms with E-state index in [4.69, 9.17) is 0 Å². The van der Waals surface area contributed by atoms with Crippen molar-refractivity contribution in [1.82, 2.24) is 10.3 Å². The van der Waals surface area contributed by atoms with Gasteiger partial charge in [0.05, 0.1) is 0 Å². The lowest BCUT2D eigenvalue weighted by Gasteiger charge is -2.17. The maximum absolute atomic E-state index is 11.9. The van der Waals surface area contributed by atoms with Crippen molar-refractivity contribution in [3.8, 4) is 0 Å². The average molecular weight is 332 g/mol. The van der Waals surface area contributed by atoms with Crippen LogP contribution in [-0.4, -0.2) is 23.3 Å². The van der Waals surface area contributed by atoms with Gasteiger partial charge in [-0.15, -0.1) is 12.4 Å². The van der Waals surface area contributed by atoms with E-state index in [2.05, 4.69) is 21.7 Å². The molecule has 6 heteroatoms. The Morgan fingerprint density at radius 2 is 1.96 bits per heavy atom. The minimum atomic E-state index is -0.0902. The van der Waals surface area contributed by atoms with Crippen LogP contribution in [0.25, 0.3) is 0 Å². The van der Waals surface area contributed by atoms with Gasteiger partial charge < -0.3 is 10.6 Å². The summed E-state index contributed by atoms with van der Waals surface area (Å²) in [7, 11) is 0. The number of carbonyl (C=O) groups excluding carboxylic acids is 2. The monoisotopic (exact) mass is 331 g/mol. The molecule has 5 nitrogen and oxygen atoms in total. The minimum Gasteiger partial charge on any atom is -0.352 e. The predicted molar refractivity (Wildman–Crippen MR) is 90.9 cm³/mol. The number of anilines is 1. The Morgan fingerprint density at radius 1 is 1.17 bits per heavy atom. The zero-order chi connectivity index (χ0) is 15.4. The van der Waals surface area contributed by atoms with E-state index in [0.717, 1.165) is 29.7 Å². The van der Waals surface area contributed by atoms with Crippen LogP contribution in [0.4, 0.5) is 5.69 Å². The number of fused-ring (bicyclic) bond motifs is 1. The van der Waals surface area contributed by atoms with Crippen molar-refractivity contribution in [2.75, 3.05) is 11.9 Å². The zero-order valence-corrected chi connectivity index (χ0v) is 13.4. The highest BCUT2D eigenvalue weighted by Crippen LogP contribution is 2.23. The summed E-state index contributed by atoms with van der Waals surface area (Å²) in [6.45, 7) is 0.576. The molecule has 1 aliphatic heterocycles. The summed E-state index contributed by atoms with van der Waals surface area (Å²) < 4.78 is 0. The molecule has 2 N–H and O–H groups in total. The van der Waals surface area contributed by atoms with E-state index in [1.165, 1.54) is 0 Å². The second-order valence-corrected chi connectivity index (χ2v) is 5.28. The second-order valence-electron chi connectivity index (χ2n) is 5.28. The molecule has 0 fully saturated rings. The molecule has 0 spiro atoms. The molecular formula is C17H18ClN3O2. The van der Waals surface area contributed by atoms with Crippen LogP contribution in [0.5, 0.6) is 0 Å². The normalized spacial score (nSPS) is 12.6. The molecule has 120 valence electrons. The number of amides is 2. The molecule has 3 rings (SSSR count). The van der Waals surface area contributed by atoms with Gasteiger partial charge in [-0.2, -0.15) is 0 Å². The number of rotatable bonds is 4. The molecule has 2 amide bonds. The average Bonchev–Trinajstić information content (AvgIpc) is 2.55. The van der Waals surface area contributed by atoms with Crippen LogP contribution in [0.15, 0.2) is 42.7 Å². The van der Waals surface area contributed by atoms with Crippen molar-refractivity contribution >= 4 is 29.9 Å². The first-order valence-electron chi connectivity index (χ1n) is 7.32. The van der Waals surface area contributed by atoms with Gasteiger partial charge in [-0.05, 0) is 42.2 Å². The Kier molecular flexibility index (Phi) is 5.71. The Balaban J connectivity index is 0.00000192. The van der Waals surface area contributed by atoms with E-state index >= 15 is 0 Å². The van der Waals surface area contributed by atoms with Gasteiger partial charge in [-0.1, -0.05) is 12.1 Å². The lowest BCUT2D eigenvalue weighted by Crippen LogP contribution is -2.25. The molecule has 2 aromatic rings. The van der Waals surface area contributed by atoms with E-state index in [0.29, 0.717) is 18.5 Å². The number of carbonyl (C=O) groups is 2. The van der Waals surface area contributed by atoms with E-state index in [1.807, 2.05) is 12.1 Å². The van der Waals surface area contributed by atoms with Gasteiger partial charge in [0, 0.05) is 36.6 Å². The van der Waals surface area contributed by atoms with Crippen molar-refractivity contribution in [2.24, 2.45) is 0 Å². The molecule has 0 aliphatic carbocycles. The lowest BCUT2D eigenvalue weighted by atomic mass is 9.99. The number of aryl methyl sites for hydroxylation is 1. The number of nitrogens with one attached hydrogen (secondary N) is 2. The summed E-state index contributed by atoms with van der Waals surface area (Å²) in [5, 5.41) is 5.77. The summed E-state index contributed by atoms with van der Waals surface area (Å²) >= 11 is 0. The molecule has 1 aromatic heterocycles. The Morgan fingerprint density at radius 3 is 2.74 bits per heavy atom. The van der Waals surface area contributed by atoms with E-state index < -0.39 is 0 Å². The van der Waals surface area contributed by atoms with Gasteiger partial charge in [-0.25, -0.2) is 0 Å². The van der Waals surface area contributed by atoms with Crippen LogP contribution >= 0.6 is 12.4 Å². The number of pyridine rings is 1. The van der Waals surface area contributed by atoms with Gasteiger partial charge in [0.2, 0.25) is 5.91 Å². The molecule has 0 radical (unpaired) electrons. The van der Waals surface area contributed by atoms with Crippen molar-refractivity contribution in [3.05, 3.63) is 59.4 Å². The third kappa shape index (κ3) is 4.29. The fourth-order valence-electron chi connectivity index (χ4n) is 2.52. The molecule has 0 atom stereocenters. The predicted octanol–water partition coefficient (Wildman–Crippen LogP) is 2.36. The first kappa shape index (κ1) is 17.0. The quantitative estimate of drug-likeness (QED) is 0.903. The molecule has 0 saturated heterocycles. The largest absolute Gasteiger partial charge is 0.352 e. The topological polar surface area (TPSA) is 71.1 Å². The Hall–Kier alpha value is -2.40. The summed E-state index contributed by atoms with van der Waals surface area (Å²) in [5.74, 6) is -0.0162. The van der Waals surface area contributed by atoms with Crippen LogP contribution < -0.4 is 10.6 Å². The standard InChI is InChI=1S/C17H17N3O2.ClH/c21-16-4-2-14-11-12(1-3-15(14)20-16)5-10-19-17(22)13-6-8-18-9-7-13;/h1,3,6-9,11H,2,4-5,10H2,(H,19,22)(H,20,21);1H. The smallest absolute Gasteiger partial charge is 0.251 e. The zero-order valence-electron chi connectivity index (χ0n) is 12.5. The molecule has 23 heavy (non-hydrogen) atoms. The number of benzene rings is 1. The highest BCUT2D eigenvalue weighted by Gasteiger charge is 2.14. The minimum absolute atomic E-state index is 0. The molecule has 2 heterocycles. The maximum Gasteiger partial charge on any atom is 0.251 e. The number of hydrogen-bond donors (Lipinski definition) is 2. The summed E-state index contributed by atoms with van der Waals surface area (Å²) in [6, 6.07) is 9.41. The van der Waals surface area contributed by atoms with Crippen LogP contribution in [0.1, 0.15) is 27.9 Å². The van der Waals surface area contributed by atoms with E-state index in [-0.39, 0.29) is 24.2 Å². The highest BCUT2D eigenvalue weighted by molar-refractivity contribution is 5.94. The van der Waals surface area contributed by atoms with Crippen LogP contribution in [0, 0.1) is 0 Å². The third-order valence-electron chi connectivity index (χ3n) is 3.71. The van der Waals surface area contributed by atoms with Crippen molar-refractivity contribution < 1.29 is 9.59 Å². The van der Waals surface area contributed by atoms with E-state index in [1.54, 1.807) is 24.5 Å². The fourth-order valence-corrected chi connectivity index (χ4v) is 2.52. The highest BCUT2D eigenvalue weighted by atomic mass is 35.5. The van der Waals surface area contributed by atoms with Crippen LogP contribution in [0.3, 0.4) is 0 Å². The molecule has 0 unspecified atom stereocenters. The van der Waals surface area contributed by atoms with Gasteiger partial charge in [0.25, 0.3) is 5.91 Å². The maximum atomic E-state index is 11.9. The lowest BCUT2D eigenvalue weighted by molar-refractivity contribution is -0.116. The summed E-state index contributed by atoms with van der Waals surface area (Å²) in [6.07, 6.45) is 5.28. The van der Waals surface area contributed by atoms with Gasteiger partial charge in [-0.3, -0.25) is 14.6 Å². The van der Waals surface area contributed by atoms with Crippen molar-refractivity contribution in [3.63, 3.8) is 0 Å². The second kappa shape index (κ2) is 7.74. The Labute approximate surface area is 140 Å². The molecule has 0 bridgehead atoms. The van der Waals surface area contributed by atoms with Crippen LogP contribution in [0.2, 0.25) is 0 Å².